The highest BCUT2D eigenvalue weighted by molar-refractivity contribution is 6.21. The van der Waals surface area contributed by atoms with Crippen molar-refractivity contribution in [1.82, 2.24) is 4.90 Å². The lowest BCUT2D eigenvalue weighted by Gasteiger charge is -2.27. The maximum atomic E-state index is 13.4. The van der Waals surface area contributed by atoms with Crippen molar-refractivity contribution in [1.29, 1.82) is 0 Å². The summed E-state index contributed by atoms with van der Waals surface area (Å²) in [5.41, 5.74) is 2.21. The number of amides is 2. The Kier molecular flexibility index (Phi) is 4.75. The molecular formula is C23H18FNO3. The molecule has 2 atom stereocenters. The molecule has 0 radical (unpaired) electrons. The van der Waals surface area contributed by atoms with Gasteiger partial charge in [0.05, 0.1) is 23.8 Å². The lowest BCUT2D eigenvalue weighted by molar-refractivity contribution is 0.0523. The van der Waals surface area contributed by atoms with Crippen molar-refractivity contribution in [3.63, 3.8) is 0 Å². The smallest absolute Gasteiger partial charge is 0.261 e. The normalized spacial score (nSPS) is 15.4. The third-order valence-electron chi connectivity index (χ3n) is 5.02. The van der Waals surface area contributed by atoms with E-state index < -0.39 is 23.8 Å². The maximum Gasteiger partial charge on any atom is 0.261 e. The van der Waals surface area contributed by atoms with Gasteiger partial charge in [0.15, 0.2) is 0 Å². The fraction of sp³-hybridized carbons (Fsp3) is 0.130. The summed E-state index contributed by atoms with van der Waals surface area (Å²) in [7, 11) is 0. The van der Waals surface area contributed by atoms with Crippen LogP contribution in [0.1, 0.15) is 37.8 Å². The van der Waals surface area contributed by atoms with Gasteiger partial charge >= 0.3 is 0 Å². The Bertz CT molecular complexity index is 983. The van der Waals surface area contributed by atoms with Crippen molar-refractivity contribution in [2.24, 2.45) is 0 Å². The Morgan fingerprint density at radius 3 is 1.82 bits per heavy atom. The average molecular weight is 375 g/mol. The van der Waals surface area contributed by atoms with Crippen LogP contribution in [-0.4, -0.2) is 34.5 Å². The lowest BCUT2D eigenvalue weighted by Crippen LogP contribution is -2.39. The summed E-state index contributed by atoms with van der Waals surface area (Å²) in [4.78, 5) is 26.3. The van der Waals surface area contributed by atoms with E-state index in [-0.39, 0.29) is 12.4 Å². The molecule has 2 unspecified atom stereocenters. The summed E-state index contributed by atoms with van der Waals surface area (Å²) in [6.45, 7) is -0.150. The highest BCUT2D eigenvalue weighted by Gasteiger charge is 2.38. The molecule has 140 valence electrons. The SMILES string of the molecule is O=C1c2ccccc2C(=O)N1CC(O)C(c1ccccc1)c1ccc(F)cc1. The van der Waals surface area contributed by atoms with Gasteiger partial charge in [0.1, 0.15) is 5.82 Å². The molecule has 0 saturated heterocycles. The van der Waals surface area contributed by atoms with Gasteiger partial charge < -0.3 is 5.11 Å². The van der Waals surface area contributed by atoms with Crippen LogP contribution in [0.5, 0.6) is 0 Å². The molecule has 0 bridgehead atoms. The van der Waals surface area contributed by atoms with Crippen LogP contribution < -0.4 is 0 Å². The zero-order chi connectivity index (χ0) is 19.7. The van der Waals surface area contributed by atoms with Gasteiger partial charge in [-0.1, -0.05) is 54.6 Å². The number of aliphatic hydroxyl groups is 1. The topological polar surface area (TPSA) is 57.6 Å². The second kappa shape index (κ2) is 7.37. The van der Waals surface area contributed by atoms with Crippen LogP contribution >= 0.6 is 0 Å². The summed E-state index contributed by atoms with van der Waals surface area (Å²) in [6, 6.07) is 21.8. The van der Waals surface area contributed by atoms with Crippen molar-refractivity contribution < 1.29 is 19.1 Å². The number of carbonyl (C=O) groups is 2. The molecule has 4 nitrogen and oxygen atoms in total. The van der Waals surface area contributed by atoms with E-state index in [4.69, 9.17) is 0 Å². The number of aliphatic hydroxyl groups excluding tert-OH is 1. The average Bonchev–Trinajstić information content (AvgIpc) is 2.96. The van der Waals surface area contributed by atoms with Gasteiger partial charge in [-0.15, -0.1) is 0 Å². The van der Waals surface area contributed by atoms with E-state index in [0.717, 1.165) is 10.5 Å². The van der Waals surface area contributed by atoms with Gasteiger partial charge in [-0.3, -0.25) is 14.5 Å². The van der Waals surface area contributed by atoms with Crippen LogP contribution in [0, 0.1) is 5.82 Å². The molecule has 3 aromatic carbocycles. The van der Waals surface area contributed by atoms with Crippen LogP contribution in [0.15, 0.2) is 78.9 Å². The molecule has 2 amide bonds. The molecule has 3 aromatic rings. The molecular weight excluding hydrogens is 357 g/mol. The number of benzene rings is 3. The number of imide groups is 1. The Morgan fingerprint density at radius 1 is 0.750 bits per heavy atom. The van der Waals surface area contributed by atoms with Gasteiger partial charge in [0.25, 0.3) is 11.8 Å². The predicted molar refractivity (Wildman–Crippen MR) is 103 cm³/mol. The van der Waals surface area contributed by atoms with E-state index in [2.05, 4.69) is 0 Å². The van der Waals surface area contributed by atoms with E-state index in [9.17, 15) is 19.1 Å². The standard InChI is InChI=1S/C23H18FNO3/c24-17-12-10-16(11-13-17)21(15-6-2-1-3-7-15)20(26)14-25-22(27)18-8-4-5-9-19(18)23(25)28/h1-13,20-21,26H,14H2. The van der Waals surface area contributed by atoms with Gasteiger partial charge in [-0.2, -0.15) is 0 Å². The fourth-order valence-electron chi connectivity index (χ4n) is 3.66. The predicted octanol–water partition coefficient (Wildman–Crippen LogP) is 3.61. The van der Waals surface area contributed by atoms with Crippen molar-refractivity contribution in [2.45, 2.75) is 12.0 Å². The summed E-state index contributed by atoms with van der Waals surface area (Å²) >= 11 is 0. The summed E-state index contributed by atoms with van der Waals surface area (Å²) < 4.78 is 13.4. The largest absolute Gasteiger partial charge is 0.390 e. The third kappa shape index (κ3) is 3.21. The minimum absolute atomic E-state index is 0.150. The first-order valence-corrected chi connectivity index (χ1v) is 9.00. The van der Waals surface area contributed by atoms with E-state index >= 15 is 0 Å². The third-order valence-corrected chi connectivity index (χ3v) is 5.02. The number of β-amino-alcohol motifs (C(OH)–C–C–N with tert-alkyl or cyclic N) is 1. The number of hydrogen-bond acceptors (Lipinski definition) is 3. The first-order chi connectivity index (χ1) is 13.6. The number of carbonyl (C=O) groups excluding carboxylic acids is 2. The molecule has 0 aliphatic carbocycles. The molecule has 1 N–H and O–H groups in total. The van der Waals surface area contributed by atoms with Crippen LogP contribution in [0.25, 0.3) is 0 Å². The zero-order valence-corrected chi connectivity index (χ0v) is 15.0. The Morgan fingerprint density at radius 2 is 1.25 bits per heavy atom. The molecule has 0 spiro atoms. The Labute approximate surface area is 161 Å². The molecule has 28 heavy (non-hydrogen) atoms. The van der Waals surface area contributed by atoms with E-state index in [0.29, 0.717) is 16.7 Å². The number of fused-ring (bicyclic) bond motifs is 1. The van der Waals surface area contributed by atoms with Crippen LogP contribution in [-0.2, 0) is 0 Å². The number of rotatable bonds is 5. The summed E-state index contributed by atoms with van der Waals surface area (Å²) in [5.74, 6) is -1.70. The molecule has 0 aromatic heterocycles. The van der Waals surface area contributed by atoms with Crippen molar-refractivity contribution >= 4 is 11.8 Å². The fourth-order valence-corrected chi connectivity index (χ4v) is 3.66. The number of nitrogens with zero attached hydrogens (tertiary/aromatic N) is 1. The van der Waals surface area contributed by atoms with Crippen molar-refractivity contribution in [3.05, 3.63) is 107 Å². The second-order valence-electron chi connectivity index (χ2n) is 6.77. The molecule has 4 rings (SSSR count). The van der Waals surface area contributed by atoms with Crippen LogP contribution in [0.2, 0.25) is 0 Å². The highest BCUT2D eigenvalue weighted by Crippen LogP contribution is 2.31. The minimum Gasteiger partial charge on any atom is -0.390 e. The molecule has 0 fully saturated rings. The molecule has 0 saturated carbocycles. The monoisotopic (exact) mass is 375 g/mol. The van der Waals surface area contributed by atoms with Crippen molar-refractivity contribution in [3.8, 4) is 0 Å². The molecule has 1 heterocycles. The zero-order valence-electron chi connectivity index (χ0n) is 15.0. The molecule has 5 heteroatoms. The van der Waals surface area contributed by atoms with Gasteiger partial charge in [0.2, 0.25) is 0 Å². The number of hydrogen-bond donors (Lipinski definition) is 1. The summed E-state index contributed by atoms with van der Waals surface area (Å²) in [5, 5.41) is 11.0. The summed E-state index contributed by atoms with van der Waals surface area (Å²) in [6.07, 6.45) is -1.05. The van der Waals surface area contributed by atoms with E-state index in [1.807, 2.05) is 30.3 Å². The molecule has 1 aliphatic rings. The Balaban J connectivity index is 1.65. The first kappa shape index (κ1) is 18.1. The highest BCUT2D eigenvalue weighted by atomic mass is 19.1. The quantitative estimate of drug-likeness (QED) is 0.693. The lowest BCUT2D eigenvalue weighted by atomic mass is 9.86. The van der Waals surface area contributed by atoms with E-state index in [1.54, 1.807) is 36.4 Å². The Hall–Kier alpha value is -3.31. The van der Waals surface area contributed by atoms with Crippen LogP contribution in [0.3, 0.4) is 0 Å². The minimum atomic E-state index is -1.05. The second-order valence-corrected chi connectivity index (χ2v) is 6.77. The van der Waals surface area contributed by atoms with Gasteiger partial charge in [-0.25, -0.2) is 4.39 Å². The van der Waals surface area contributed by atoms with Crippen LogP contribution in [0.4, 0.5) is 4.39 Å². The number of halogens is 1. The van der Waals surface area contributed by atoms with E-state index in [1.165, 1.54) is 12.1 Å². The van der Waals surface area contributed by atoms with Gasteiger partial charge in [0, 0.05) is 5.92 Å². The maximum absolute atomic E-state index is 13.4. The van der Waals surface area contributed by atoms with Gasteiger partial charge in [-0.05, 0) is 35.4 Å². The van der Waals surface area contributed by atoms with Crippen molar-refractivity contribution in [2.75, 3.05) is 6.54 Å². The first-order valence-electron chi connectivity index (χ1n) is 9.00. The molecule has 1 aliphatic heterocycles.